The first-order valence-electron chi connectivity index (χ1n) is 5.17. The third kappa shape index (κ3) is 2.19. The molecular weight excluding hydrogens is 216 g/mol. The van der Waals surface area contributed by atoms with Crippen molar-refractivity contribution in [3.05, 3.63) is 23.7 Å². The molecule has 0 spiro atoms. The van der Waals surface area contributed by atoms with Crippen molar-refractivity contribution in [2.75, 3.05) is 19.1 Å². The highest BCUT2D eigenvalue weighted by atomic mass is 35.5. The lowest BCUT2D eigenvalue weighted by Gasteiger charge is -2.20. The molecule has 1 fully saturated rings. The van der Waals surface area contributed by atoms with Crippen LogP contribution in [0, 0.1) is 0 Å². The molecule has 84 valence electrons. The molecule has 2 rings (SSSR count). The molecule has 15 heavy (non-hydrogen) atoms. The fourth-order valence-electron chi connectivity index (χ4n) is 1.83. The standard InChI is InChI=1S/C11H15ClO3/c1-11(14-7-8-15-11)10-9(3-2-5-12)4-6-13-10/h4,6H,2-3,5,7-8H2,1H3. The smallest absolute Gasteiger partial charge is 0.225 e. The highest BCUT2D eigenvalue weighted by Gasteiger charge is 2.37. The summed E-state index contributed by atoms with van der Waals surface area (Å²) in [7, 11) is 0. The van der Waals surface area contributed by atoms with Crippen LogP contribution in [0.15, 0.2) is 16.7 Å². The van der Waals surface area contributed by atoms with Crippen LogP contribution in [0.4, 0.5) is 0 Å². The van der Waals surface area contributed by atoms with Crippen LogP contribution in [0.1, 0.15) is 24.7 Å². The van der Waals surface area contributed by atoms with Gasteiger partial charge in [0.05, 0.1) is 19.5 Å². The van der Waals surface area contributed by atoms with Crippen molar-refractivity contribution in [3.8, 4) is 0 Å². The number of alkyl halides is 1. The second-order valence-corrected chi connectivity index (χ2v) is 4.09. The summed E-state index contributed by atoms with van der Waals surface area (Å²) in [6.07, 6.45) is 3.51. The SMILES string of the molecule is CC1(c2occc2CCCCl)OCCO1. The lowest BCUT2D eigenvalue weighted by molar-refractivity contribution is -0.163. The molecule has 2 heterocycles. The Kier molecular flexibility index (Phi) is 3.34. The molecular formula is C11H15ClO3. The van der Waals surface area contributed by atoms with E-state index >= 15 is 0 Å². The summed E-state index contributed by atoms with van der Waals surface area (Å²) < 4.78 is 16.6. The number of furan rings is 1. The van der Waals surface area contributed by atoms with Crippen LogP contribution in [0.25, 0.3) is 0 Å². The van der Waals surface area contributed by atoms with E-state index in [0.29, 0.717) is 19.1 Å². The van der Waals surface area contributed by atoms with E-state index in [9.17, 15) is 0 Å². The molecule has 3 nitrogen and oxygen atoms in total. The van der Waals surface area contributed by atoms with Crippen LogP contribution in [0.3, 0.4) is 0 Å². The summed E-state index contributed by atoms with van der Waals surface area (Å²) in [6.45, 7) is 3.13. The van der Waals surface area contributed by atoms with E-state index in [1.807, 2.05) is 13.0 Å². The molecule has 1 aliphatic heterocycles. The van der Waals surface area contributed by atoms with Gasteiger partial charge in [0.15, 0.2) is 5.76 Å². The van der Waals surface area contributed by atoms with E-state index in [-0.39, 0.29) is 0 Å². The van der Waals surface area contributed by atoms with Crippen molar-refractivity contribution in [1.82, 2.24) is 0 Å². The van der Waals surface area contributed by atoms with Crippen LogP contribution in [-0.4, -0.2) is 19.1 Å². The second-order valence-electron chi connectivity index (χ2n) is 3.71. The van der Waals surface area contributed by atoms with Gasteiger partial charge in [0.2, 0.25) is 5.79 Å². The predicted molar refractivity (Wildman–Crippen MR) is 57.0 cm³/mol. The zero-order valence-electron chi connectivity index (χ0n) is 8.79. The largest absolute Gasteiger partial charge is 0.463 e. The third-order valence-electron chi connectivity index (χ3n) is 2.58. The summed E-state index contributed by atoms with van der Waals surface area (Å²) in [5, 5.41) is 0. The molecule has 0 radical (unpaired) electrons. The van der Waals surface area contributed by atoms with Crippen molar-refractivity contribution in [3.63, 3.8) is 0 Å². The minimum Gasteiger partial charge on any atom is -0.463 e. The zero-order chi connectivity index (χ0) is 10.7. The Labute approximate surface area is 94.3 Å². The van der Waals surface area contributed by atoms with Crippen molar-refractivity contribution < 1.29 is 13.9 Å². The number of rotatable bonds is 4. The first kappa shape index (κ1) is 11.0. The molecule has 0 aliphatic carbocycles. The van der Waals surface area contributed by atoms with Gasteiger partial charge < -0.3 is 13.9 Å². The average Bonchev–Trinajstić information content (AvgIpc) is 2.84. The minimum atomic E-state index is -0.703. The Morgan fingerprint density at radius 2 is 2.13 bits per heavy atom. The summed E-state index contributed by atoms with van der Waals surface area (Å²) >= 11 is 5.67. The van der Waals surface area contributed by atoms with Crippen molar-refractivity contribution in [1.29, 1.82) is 0 Å². The van der Waals surface area contributed by atoms with Gasteiger partial charge >= 0.3 is 0 Å². The number of hydrogen-bond acceptors (Lipinski definition) is 3. The fourth-order valence-corrected chi connectivity index (χ4v) is 1.97. The van der Waals surface area contributed by atoms with Crippen LogP contribution >= 0.6 is 11.6 Å². The molecule has 4 heteroatoms. The van der Waals surface area contributed by atoms with Gasteiger partial charge in [0.25, 0.3) is 0 Å². The number of ether oxygens (including phenoxy) is 2. The van der Waals surface area contributed by atoms with Crippen molar-refractivity contribution in [2.24, 2.45) is 0 Å². The molecule has 1 aromatic heterocycles. The van der Waals surface area contributed by atoms with Gasteiger partial charge in [-0.3, -0.25) is 0 Å². The first-order chi connectivity index (χ1) is 7.26. The van der Waals surface area contributed by atoms with E-state index in [1.54, 1.807) is 6.26 Å². The number of halogens is 1. The topological polar surface area (TPSA) is 31.6 Å². The minimum absolute atomic E-state index is 0.617. The normalized spacial score (nSPS) is 19.6. The maximum absolute atomic E-state index is 5.67. The van der Waals surface area contributed by atoms with E-state index in [4.69, 9.17) is 25.5 Å². The quantitative estimate of drug-likeness (QED) is 0.746. The number of hydrogen-bond donors (Lipinski definition) is 0. The average molecular weight is 231 g/mol. The molecule has 1 aliphatic rings. The van der Waals surface area contributed by atoms with Crippen LogP contribution in [0.2, 0.25) is 0 Å². The summed E-state index contributed by atoms with van der Waals surface area (Å²) in [6, 6.07) is 1.96. The van der Waals surface area contributed by atoms with Crippen LogP contribution in [0.5, 0.6) is 0 Å². The van der Waals surface area contributed by atoms with Gasteiger partial charge in [-0.15, -0.1) is 11.6 Å². The van der Waals surface area contributed by atoms with E-state index in [0.717, 1.165) is 24.2 Å². The third-order valence-corrected chi connectivity index (χ3v) is 2.84. The summed E-state index contributed by atoms with van der Waals surface area (Å²) in [4.78, 5) is 0. The Morgan fingerprint density at radius 1 is 1.40 bits per heavy atom. The lowest BCUT2D eigenvalue weighted by Crippen LogP contribution is -2.23. The first-order valence-corrected chi connectivity index (χ1v) is 5.70. The molecule has 0 unspecified atom stereocenters. The molecule has 0 aromatic carbocycles. The Hall–Kier alpha value is -0.510. The predicted octanol–water partition coefficient (Wildman–Crippen LogP) is 2.67. The number of aryl methyl sites for hydroxylation is 1. The van der Waals surface area contributed by atoms with Crippen molar-refractivity contribution in [2.45, 2.75) is 25.6 Å². The van der Waals surface area contributed by atoms with Gasteiger partial charge in [-0.25, -0.2) is 0 Å². The van der Waals surface area contributed by atoms with E-state index in [2.05, 4.69) is 0 Å². The van der Waals surface area contributed by atoms with Gasteiger partial charge in [0, 0.05) is 5.88 Å². The maximum Gasteiger partial charge on any atom is 0.225 e. The molecule has 0 N–H and O–H groups in total. The molecule has 0 saturated carbocycles. The van der Waals surface area contributed by atoms with E-state index < -0.39 is 5.79 Å². The van der Waals surface area contributed by atoms with E-state index in [1.165, 1.54) is 0 Å². The van der Waals surface area contributed by atoms with Gasteiger partial charge in [-0.2, -0.15) is 0 Å². The molecule has 1 aromatic rings. The highest BCUT2D eigenvalue weighted by molar-refractivity contribution is 6.17. The van der Waals surface area contributed by atoms with Gasteiger partial charge in [-0.1, -0.05) is 0 Å². The zero-order valence-corrected chi connectivity index (χ0v) is 9.55. The summed E-state index contributed by atoms with van der Waals surface area (Å²) in [5.74, 6) is 0.735. The van der Waals surface area contributed by atoms with Crippen LogP contribution in [-0.2, 0) is 21.7 Å². The molecule has 0 amide bonds. The molecule has 0 bridgehead atoms. The summed E-state index contributed by atoms with van der Waals surface area (Å²) in [5.41, 5.74) is 1.13. The Balaban J connectivity index is 2.16. The van der Waals surface area contributed by atoms with Crippen molar-refractivity contribution >= 4 is 11.6 Å². The van der Waals surface area contributed by atoms with Gasteiger partial charge in [0.1, 0.15) is 0 Å². The lowest BCUT2D eigenvalue weighted by atomic mass is 10.1. The molecule has 1 saturated heterocycles. The highest BCUT2D eigenvalue weighted by Crippen LogP contribution is 2.34. The maximum atomic E-state index is 5.67. The Morgan fingerprint density at radius 3 is 2.80 bits per heavy atom. The van der Waals surface area contributed by atoms with Gasteiger partial charge in [-0.05, 0) is 31.4 Å². The monoisotopic (exact) mass is 230 g/mol. The fraction of sp³-hybridized carbons (Fsp3) is 0.636. The second kappa shape index (κ2) is 4.56. The molecule has 0 atom stereocenters. The van der Waals surface area contributed by atoms with Crippen LogP contribution < -0.4 is 0 Å². The Bertz CT molecular complexity index is 315.